The molecule has 1 amide bonds. The van der Waals surface area contributed by atoms with Gasteiger partial charge in [0.2, 0.25) is 5.91 Å². The lowest BCUT2D eigenvalue weighted by atomic mass is 9.85. The number of anilines is 1. The average Bonchev–Trinajstić information content (AvgIpc) is 3.01. The average molecular weight is 360 g/mol. The van der Waals surface area contributed by atoms with Crippen molar-refractivity contribution >= 4 is 17.6 Å². The molecule has 1 saturated carbocycles. The number of ether oxygens (including phenoxy) is 2. The maximum atomic E-state index is 12.7. The normalized spacial score (nSPS) is 25.4. The van der Waals surface area contributed by atoms with Crippen LogP contribution in [0.25, 0.3) is 0 Å². The molecule has 142 valence electrons. The van der Waals surface area contributed by atoms with Crippen molar-refractivity contribution in [3.8, 4) is 5.75 Å². The minimum absolute atomic E-state index is 0.128. The number of methoxy groups -OCH3 is 1. The zero-order valence-electron chi connectivity index (χ0n) is 15.6. The molecule has 0 bridgehead atoms. The number of benzene rings is 1. The lowest BCUT2D eigenvalue weighted by Gasteiger charge is -2.32. The lowest BCUT2D eigenvalue weighted by molar-refractivity contribution is -0.146. The Morgan fingerprint density at radius 3 is 2.77 bits per heavy atom. The summed E-state index contributed by atoms with van der Waals surface area (Å²) in [6.45, 7) is 2.64. The van der Waals surface area contributed by atoms with Crippen molar-refractivity contribution < 1.29 is 19.1 Å². The third-order valence-electron chi connectivity index (χ3n) is 5.48. The van der Waals surface area contributed by atoms with Crippen molar-refractivity contribution in [3.63, 3.8) is 0 Å². The fourth-order valence-electron chi connectivity index (χ4n) is 4.35. The van der Waals surface area contributed by atoms with Crippen molar-refractivity contribution in [1.29, 1.82) is 0 Å². The molecular formula is C20H28N2O4. The Bertz CT molecular complexity index is 648. The Balaban J connectivity index is 1.71. The van der Waals surface area contributed by atoms with Gasteiger partial charge in [0.15, 0.2) is 0 Å². The van der Waals surface area contributed by atoms with E-state index in [4.69, 9.17) is 9.47 Å². The van der Waals surface area contributed by atoms with Crippen LogP contribution in [0.1, 0.15) is 39.0 Å². The van der Waals surface area contributed by atoms with Crippen LogP contribution in [-0.2, 0) is 14.3 Å². The van der Waals surface area contributed by atoms with E-state index in [0.29, 0.717) is 30.0 Å². The summed E-state index contributed by atoms with van der Waals surface area (Å²) in [5.41, 5.74) is 0.661. The number of rotatable bonds is 6. The Hall–Kier alpha value is -2.08. The molecule has 1 heterocycles. The molecule has 2 fully saturated rings. The van der Waals surface area contributed by atoms with Crippen LogP contribution in [0, 0.1) is 5.92 Å². The first kappa shape index (κ1) is 18.7. The summed E-state index contributed by atoms with van der Waals surface area (Å²) in [4.78, 5) is 27.0. The van der Waals surface area contributed by atoms with Gasteiger partial charge in [-0.15, -0.1) is 0 Å². The third kappa shape index (κ3) is 4.01. The van der Waals surface area contributed by atoms with Crippen molar-refractivity contribution in [3.05, 3.63) is 24.3 Å². The highest BCUT2D eigenvalue weighted by atomic mass is 16.5. The van der Waals surface area contributed by atoms with Gasteiger partial charge >= 0.3 is 5.97 Å². The van der Waals surface area contributed by atoms with Crippen LogP contribution in [0.2, 0.25) is 0 Å². The van der Waals surface area contributed by atoms with Gasteiger partial charge in [0.25, 0.3) is 0 Å². The SMILES string of the molecule is CCOc1ccccc1NC(=O)CN1C(C(=O)OC)CC2CCCCC21. The van der Waals surface area contributed by atoms with Crippen LogP contribution in [-0.4, -0.2) is 49.1 Å². The first-order chi connectivity index (χ1) is 12.6. The van der Waals surface area contributed by atoms with Crippen molar-refractivity contribution in [1.82, 2.24) is 4.90 Å². The molecule has 3 unspecified atom stereocenters. The molecule has 3 rings (SSSR count). The van der Waals surface area contributed by atoms with Gasteiger partial charge < -0.3 is 14.8 Å². The van der Waals surface area contributed by atoms with E-state index in [1.165, 1.54) is 13.5 Å². The zero-order valence-corrected chi connectivity index (χ0v) is 15.6. The van der Waals surface area contributed by atoms with E-state index in [1.54, 1.807) is 0 Å². The van der Waals surface area contributed by atoms with E-state index in [1.807, 2.05) is 36.1 Å². The van der Waals surface area contributed by atoms with Gasteiger partial charge in [-0.2, -0.15) is 0 Å². The van der Waals surface area contributed by atoms with Gasteiger partial charge in [-0.3, -0.25) is 14.5 Å². The third-order valence-corrected chi connectivity index (χ3v) is 5.48. The number of esters is 1. The monoisotopic (exact) mass is 360 g/mol. The molecule has 1 saturated heterocycles. The van der Waals surface area contributed by atoms with Crippen LogP contribution < -0.4 is 10.1 Å². The van der Waals surface area contributed by atoms with E-state index >= 15 is 0 Å². The minimum Gasteiger partial charge on any atom is -0.492 e. The van der Waals surface area contributed by atoms with Gasteiger partial charge in [-0.1, -0.05) is 25.0 Å². The highest BCUT2D eigenvalue weighted by molar-refractivity contribution is 5.94. The first-order valence-electron chi connectivity index (χ1n) is 9.49. The van der Waals surface area contributed by atoms with Crippen LogP contribution in [0.4, 0.5) is 5.69 Å². The number of likely N-dealkylation sites (tertiary alicyclic amines) is 1. The minimum atomic E-state index is -0.319. The van der Waals surface area contributed by atoms with Gasteiger partial charge in [0.1, 0.15) is 11.8 Å². The van der Waals surface area contributed by atoms with E-state index in [0.717, 1.165) is 25.7 Å². The molecule has 0 radical (unpaired) electrons. The topological polar surface area (TPSA) is 67.9 Å². The smallest absolute Gasteiger partial charge is 0.323 e. The molecule has 2 aliphatic rings. The molecule has 1 aromatic rings. The number of amides is 1. The molecule has 1 aliphatic heterocycles. The molecule has 0 aromatic heterocycles. The van der Waals surface area contributed by atoms with Crippen LogP contribution in [0.5, 0.6) is 5.75 Å². The molecule has 6 nitrogen and oxygen atoms in total. The van der Waals surface area contributed by atoms with Gasteiger partial charge in [0, 0.05) is 6.04 Å². The fourth-order valence-corrected chi connectivity index (χ4v) is 4.35. The summed E-state index contributed by atoms with van der Waals surface area (Å²) < 4.78 is 10.6. The Kier molecular flexibility index (Phi) is 6.14. The maximum Gasteiger partial charge on any atom is 0.323 e. The lowest BCUT2D eigenvalue weighted by Crippen LogP contribution is -2.46. The summed E-state index contributed by atoms with van der Waals surface area (Å²) in [5.74, 6) is 0.778. The molecule has 6 heteroatoms. The number of para-hydroxylation sites is 2. The molecule has 26 heavy (non-hydrogen) atoms. The molecule has 3 atom stereocenters. The Morgan fingerprint density at radius 2 is 2.00 bits per heavy atom. The largest absolute Gasteiger partial charge is 0.492 e. The molecule has 1 N–H and O–H groups in total. The van der Waals surface area contributed by atoms with E-state index in [2.05, 4.69) is 5.32 Å². The number of carbonyl (C=O) groups excluding carboxylic acids is 2. The Labute approximate surface area is 154 Å². The van der Waals surface area contributed by atoms with Crippen molar-refractivity contribution in [2.75, 3.05) is 25.6 Å². The predicted molar refractivity (Wildman–Crippen MR) is 99.1 cm³/mol. The second-order valence-electron chi connectivity index (χ2n) is 7.04. The second-order valence-corrected chi connectivity index (χ2v) is 7.04. The number of fused-ring (bicyclic) bond motifs is 1. The number of carbonyl (C=O) groups is 2. The highest BCUT2D eigenvalue weighted by Crippen LogP contribution is 2.40. The van der Waals surface area contributed by atoms with E-state index in [-0.39, 0.29) is 24.5 Å². The van der Waals surface area contributed by atoms with Gasteiger partial charge in [-0.05, 0) is 44.2 Å². The molecule has 1 aliphatic carbocycles. The van der Waals surface area contributed by atoms with Gasteiger partial charge in [-0.25, -0.2) is 0 Å². The highest BCUT2D eigenvalue weighted by Gasteiger charge is 2.46. The predicted octanol–water partition coefficient (Wildman–Crippen LogP) is 2.83. The number of hydrogen-bond donors (Lipinski definition) is 1. The number of hydrogen-bond acceptors (Lipinski definition) is 5. The van der Waals surface area contributed by atoms with Gasteiger partial charge in [0.05, 0.1) is 25.9 Å². The molecule has 0 spiro atoms. The Morgan fingerprint density at radius 1 is 1.23 bits per heavy atom. The summed E-state index contributed by atoms with van der Waals surface area (Å²) in [6.07, 6.45) is 5.32. The standard InChI is InChI=1S/C20H28N2O4/c1-3-26-18-11-7-5-9-15(18)21-19(23)13-22-16-10-6-4-8-14(16)12-17(22)20(24)25-2/h5,7,9,11,14,16-17H,3-4,6,8,10,12-13H2,1-2H3,(H,21,23). The van der Waals surface area contributed by atoms with Crippen molar-refractivity contribution in [2.24, 2.45) is 5.92 Å². The van der Waals surface area contributed by atoms with Crippen LogP contribution in [0.3, 0.4) is 0 Å². The quantitative estimate of drug-likeness (QED) is 0.790. The number of nitrogens with zero attached hydrogens (tertiary/aromatic N) is 1. The van der Waals surface area contributed by atoms with Crippen LogP contribution >= 0.6 is 0 Å². The summed E-state index contributed by atoms with van der Waals surface area (Å²) >= 11 is 0. The molecule has 1 aromatic carbocycles. The number of nitrogens with one attached hydrogen (secondary N) is 1. The second kappa shape index (κ2) is 8.54. The van der Waals surface area contributed by atoms with E-state index in [9.17, 15) is 9.59 Å². The maximum absolute atomic E-state index is 12.7. The van der Waals surface area contributed by atoms with Crippen LogP contribution in [0.15, 0.2) is 24.3 Å². The van der Waals surface area contributed by atoms with Crippen molar-refractivity contribution in [2.45, 2.75) is 51.1 Å². The fraction of sp³-hybridized carbons (Fsp3) is 0.600. The van der Waals surface area contributed by atoms with E-state index < -0.39 is 0 Å². The summed E-state index contributed by atoms with van der Waals surface area (Å²) in [6, 6.07) is 7.38. The zero-order chi connectivity index (χ0) is 18.5. The first-order valence-corrected chi connectivity index (χ1v) is 9.49. The summed E-state index contributed by atoms with van der Waals surface area (Å²) in [5, 5.41) is 2.94. The summed E-state index contributed by atoms with van der Waals surface area (Å²) in [7, 11) is 1.42. The molecular weight excluding hydrogens is 332 g/mol.